The summed E-state index contributed by atoms with van der Waals surface area (Å²) in [5.74, 6) is 0.864. The monoisotopic (exact) mass is 720 g/mol. The van der Waals surface area contributed by atoms with E-state index in [-0.39, 0.29) is 21.1 Å². The SMILES string of the molecule is Cn1c(-c2[c-]c3c(cc2-c2ccncc2)c2ccccc2n3-c2[c-]c(-c3ccccn3)ccc2)nc2ccccc21.[Pt+2]. The van der Waals surface area contributed by atoms with Crippen molar-refractivity contribution in [2.75, 3.05) is 0 Å². The summed E-state index contributed by atoms with van der Waals surface area (Å²) < 4.78 is 4.40. The van der Waals surface area contributed by atoms with Gasteiger partial charge in [-0.1, -0.05) is 64.5 Å². The number of aryl methyl sites for hydroxylation is 1. The Morgan fingerprint density at radius 3 is 2.29 bits per heavy atom. The van der Waals surface area contributed by atoms with Crippen molar-refractivity contribution >= 4 is 32.8 Å². The second-order valence-corrected chi connectivity index (χ2v) is 10.1. The molecule has 0 saturated heterocycles. The zero-order valence-corrected chi connectivity index (χ0v) is 24.9. The van der Waals surface area contributed by atoms with Crippen molar-refractivity contribution in [3.8, 4) is 39.5 Å². The van der Waals surface area contributed by atoms with Crippen LogP contribution in [0.15, 0.2) is 122 Å². The number of pyridine rings is 2. The summed E-state index contributed by atoms with van der Waals surface area (Å²) >= 11 is 0. The summed E-state index contributed by atoms with van der Waals surface area (Å²) in [6, 6.07) is 42.7. The van der Waals surface area contributed by atoms with E-state index in [1.54, 1.807) is 0 Å². The van der Waals surface area contributed by atoms with Crippen LogP contribution in [0.1, 0.15) is 0 Å². The van der Waals surface area contributed by atoms with Gasteiger partial charge in [-0.2, -0.15) is 0 Å². The van der Waals surface area contributed by atoms with Crippen molar-refractivity contribution < 1.29 is 21.1 Å². The molecule has 0 N–H and O–H groups in total. The number of hydrogen-bond donors (Lipinski definition) is 0. The van der Waals surface area contributed by atoms with Crippen LogP contribution < -0.4 is 0 Å². The van der Waals surface area contributed by atoms with Gasteiger partial charge in [-0.05, 0) is 58.7 Å². The summed E-state index contributed by atoms with van der Waals surface area (Å²) in [6.45, 7) is 0. The maximum absolute atomic E-state index is 5.08. The molecule has 0 unspecified atom stereocenters. The van der Waals surface area contributed by atoms with Crippen molar-refractivity contribution in [1.82, 2.24) is 24.1 Å². The Morgan fingerprint density at radius 1 is 0.690 bits per heavy atom. The van der Waals surface area contributed by atoms with Crippen molar-refractivity contribution in [2.24, 2.45) is 7.05 Å². The first kappa shape index (κ1) is 26.1. The first-order chi connectivity index (χ1) is 20.3. The number of nitrogens with zero attached hydrogens (tertiary/aromatic N) is 5. The molecule has 5 nitrogen and oxygen atoms in total. The van der Waals surface area contributed by atoms with Gasteiger partial charge < -0.3 is 14.1 Å². The predicted octanol–water partition coefficient (Wildman–Crippen LogP) is 8.06. The number of rotatable bonds is 4. The Hall–Kier alpha value is -4.86. The smallest absolute Gasteiger partial charge is 0.367 e. The van der Waals surface area contributed by atoms with Gasteiger partial charge in [0.25, 0.3) is 0 Å². The van der Waals surface area contributed by atoms with Crippen LogP contribution in [0.3, 0.4) is 0 Å². The normalized spacial score (nSPS) is 11.3. The molecular weight excluding hydrogens is 698 g/mol. The van der Waals surface area contributed by atoms with Gasteiger partial charge in [0.05, 0.1) is 16.9 Å². The van der Waals surface area contributed by atoms with E-state index in [2.05, 4.69) is 98.9 Å². The van der Waals surface area contributed by atoms with Crippen LogP contribution in [0.25, 0.3) is 72.3 Å². The molecule has 0 atom stereocenters. The van der Waals surface area contributed by atoms with Crippen LogP contribution in [0, 0.1) is 12.1 Å². The molecule has 8 aromatic rings. The number of fused-ring (bicyclic) bond motifs is 4. The Labute approximate surface area is 257 Å². The van der Waals surface area contributed by atoms with Gasteiger partial charge in [0, 0.05) is 31.2 Å². The third kappa shape index (κ3) is 4.17. The van der Waals surface area contributed by atoms with Crippen molar-refractivity contribution in [3.05, 3.63) is 134 Å². The van der Waals surface area contributed by atoms with Crippen molar-refractivity contribution in [1.29, 1.82) is 0 Å². The zero-order chi connectivity index (χ0) is 27.3. The molecule has 4 aromatic carbocycles. The average molecular weight is 721 g/mol. The molecule has 6 heteroatoms. The van der Waals surface area contributed by atoms with Crippen molar-refractivity contribution in [2.45, 2.75) is 0 Å². The Bertz CT molecular complexity index is 2220. The summed E-state index contributed by atoms with van der Waals surface area (Å²) in [4.78, 5) is 13.9. The molecule has 202 valence electrons. The first-order valence-corrected chi connectivity index (χ1v) is 13.5. The molecule has 0 aliphatic heterocycles. The Morgan fingerprint density at radius 2 is 1.48 bits per heavy atom. The van der Waals surface area contributed by atoms with E-state index >= 15 is 0 Å². The minimum absolute atomic E-state index is 0. The Balaban J connectivity index is 0.00000288. The summed E-state index contributed by atoms with van der Waals surface area (Å²) in [7, 11) is 2.07. The molecule has 0 amide bonds. The van der Waals surface area contributed by atoms with Gasteiger partial charge in [-0.15, -0.1) is 42.0 Å². The van der Waals surface area contributed by atoms with Crippen LogP contribution >= 0.6 is 0 Å². The summed E-state index contributed by atoms with van der Waals surface area (Å²) in [5, 5.41) is 2.27. The fourth-order valence-corrected chi connectivity index (χ4v) is 5.75. The molecular formula is C36H23N5Pt. The molecule has 0 spiro atoms. The molecule has 0 bridgehead atoms. The Kier molecular flexibility index (Phi) is 6.53. The first-order valence-electron chi connectivity index (χ1n) is 13.5. The van der Waals surface area contributed by atoms with E-state index in [0.29, 0.717) is 0 Å². The van der Waals surface area contributed by atoms with Gasteiger partial charge in [0.2, 0.25) is 0 Å². The number of aromatic nitrogens is 5. The van der Waals surface area contributed by atoms with E-state index in [1.165, 1.54) is 0 Å². The fraction of sp³-hybridized carbons (Fsp3) is 0.0278. The third-order valence-electron chi connectivity index (χ3n) is 7.68. The third-order valence-corrected chi connectivity index (χ3v) is 7.68. The van der Waals surface area contributed by atoms with E-state index in [1.807, 2.05) is 61.1 Å². The average Bonchev–Trinajstić information content (AvgIpc) is 3.55. The standard InChI is InChI=1S/C36H23N5.Pt/c1-40-34-15-5-3-13-32(34)39-36(40)30-23-35-29(22-28(30)24-16-19-37-20-17-24)27-11-2-4-14-33(27)41(35)26-10-8-9-25(21-26)31-12-6-7-18-38-31;/h2-20,22H,1H3;/q-2;+2. The van der Waals surface area contributed by atoms with Gasteiger partial charge in [0.1, 0.15) is 0 Å². The molecule has 8 rings (SSSR count). The van der Waals surface area contributed by atoms with Crippen LogP contribution in [0.4, 0.5) is 0 Å². The molecule has 42 heavy (non-hydrogen) atoms. The fourth-order valence-electron chi connectivity index (χ4n) is 5.75. The minimum atomic E-state index is 0. The van der Waals surface area contributed by atoms with E-state index in [0.717, 1.165) is 72.3 Å². The quantitative estimate of drug-likeness (QED) is 0.173. The van der Waals surface area contributed by atoms with E-state index in [4.69, 9.17) is 4.98 Å². The zero-order valence-electron chi connectivity index (χ0n) is 22.6. The molecule has 0 aliphatic rings. The van der Waals surface area contributed by atoms with Gasteiger partial charge >= 0.3 is 21.1 Å². The predicted molar refractivity (Wildman–Crippen MR) is 165 cm³/mol. The molecule has 4 heterocycles. The second kappa shape index (κ2) is 10.5. The van der Waals surface area contributed by atoms with E-state index in [9.17, 15) is 0 Å². The van der Waals surface area contributed by atoms with Crippen LogP contribution in [-0.4, -0.2) is 24.1 Å². The largest absolute Gasteiger partial charge is 2.00 e. The maximum Gasteiger partial charge on any atom is 2.00 e. The second-order valence-electron chi connectivity index (χ2n) is 10.1. The van der Waals surface area contributed by atoms with Gasteiger partial charge in [-0.25, -0.2) is 0 Å². The molecule has 0 radical (unpaired) electrons. The van der Waals surface area contributed by atoms with Crippen LogP contribution in [-0.2, 0) is 28.1 Å². The molecule has 4 aromatic heterocycles. The number of hydrogen-bond acceptors (Lipinski definition) is 3. The maximum atomic E-state index is 5.08. The minimum Gasteiger partial charge on any atom is -0.367 e. The number of imidazole rings is 1. The van der Waals surface area contributed by atoms with Gasteiger partial charge in [-0.3, -0.25) is 9.97 Å². The van der Waals surface area contributed by atoms with Crippen LogP contribution in [0.2, 0.25) is 0 Å². The summed E-state index contributed by atoms with van der Waals surface area (Å²) in [6.07, 6.45) is 5.48. The number of benzene rings is 4. The van der Waals surface area contributed by atoms with E-state index < -0.39 is 0 Å². The molecule has 0 aliphatic carbocycles. The molecule has 0 fully saturated rings. The summed E-state index contributed by atoms with van der Waals surface area (Å²) in [5.41, 5.74) is 9.93. The van der Waals surface area contributed by atoms with Crippen molar-refractivity contribution in [3.63, 3.8) is 0 Å². The van der Waals surface area contributed by atoms with Crippen LogP contribution in [0.5, 0.6) is 0 Å². The molecule has 0 saturated carbocycles. The number of para-hydroxylation sites is 3. The topological polar surface area (TPSA) is 48.5 Å². The van der Waals surface area contributed by atoms with Gasteiger partial charge in [0.15, 0.2) is 0 Å².